The standard InChI is InChI=1S/C13H20N4O6/c1-15-9(19)3-5-22-11-10(20)7(6-18)23-12(11)17-4-2-8(14)16-13(17)21/h2,4,7,10-12,18,20H,3,5-6H2,1H3,(H,15,19)(H2,14,16,21)/t7-,10-,11-,12-/m1/s1. The summed E-state index contributed by atoms with van der Waals surface area (Å²) < 4.78 is 12.1. The van der Waals surface area contributed by atoms with Crippen LogP contribution in [0.2, 0.25) is 0 Å². The number of nitrogens with one attached hydrogen (secondary N) is 1. The molecular weight excluding hydrogens is 308 g/mol. The molecule has 0 saturated carbocycles. The van der Waals surface area contributed by atoms with Crippen molar-refractivity contribution in [3.8, 4) is 0 Å². The summed E-state index contributed by atoms with van der Waals surface area (Å²) >= 11 is 0. The Hall–Kier alpha value is -2.01. The van der Waals surface area contributed by atoms with Crippen LogP contribution in [0.5, 0.6) is 0 Å². The van der Waals surface area contributed by atoms with Crippen LogP contribution in [-0.2, 0) is 14.3 Å². The van der Waals surface area contributed by atoms with E-state index in [4.69, 9.17) is 15.2 Å². The Morgan fingerprint density at radius 2 is 2.35 bits per heavy atom. The van der Waals surface area contributed by atoms with E-state index in [1.54, 1.807) is 0 Å². The van der Waals surface area contributed by atoms with Gasteiger partial charge in [-0.05, 0) is 6.07 Å². The Morgan fingerprint density at radius 3 is 2.96 bits per heavy atom. The van der Waals surface area contributed by atoms with Gasteiger partial charge in [0.1, 0.15) is 24.1 Å². The molecule has 1 fully saturated rings. The molecule has 1 amide bonds. The van der Waals surface area contributed by atoms with Gasteiger partial charge in [-0.15, -0.1) is 0 Å². The van der Waals surface area contributed by atoms with Crippen LogP contribution in [0.3, 0.4) is 0 Å². The smallest absolute Gasteiger partial charge is 0.351 e. The van der Waals surface area contributed by atoms with Crippen molar-refractivity contribution in [1.82, 2.24) is 14.9 Å². The Kier molecular flexibility index (Phi) is 5.66. The van der Waals surface area contributed by atoms with Gasteiger partial charge in [-0.25, -0.2) is 4.79 Å². The fraction of sp³-hybridized carbons (Fsp3) is 0.615. The van der Waals surface area contributed by atoms with Crippen LogP contribution < -0.4 is 16.7 Å². The van der Waals surface area contributed by atoms with Gasteiger partial charge in [-0.1, -0.05) is 0 Å². The molecule has 1 aromatic heterocycles. The van der Waals surface area contributed by atoms with E-state index in [1.807, 2.05) is 0 Å². The van der Waals surface area contributed by atoms with Gasteiger partial charge in [0.05, 0.1) is 13.2 Å². The molecule has 0 spiro atoms. The molecule has 128 valence electrons. The van der Waals surface area contributed by atoms with Gasteiger partial charge >= 0.3 is 5.69 Å². The number of aliphatic hydroxyl groups excluding tert-OH is 2. The minimum absolute atomic E-state index is 0.0244. The molecule has 4 atom stereocenters. The average Bonchev–Trinajstić information content (AvgIpc) is 2.83. The van der Waals surface area contributed by atoms with Gasteiger partial charge in [-0.3, -0.25) is 9.36 Å². The molecule has 1 saturated heterocycles. The van der Waals surface area contributed by atoms with E-state index >= 15 is 0 Å². The number of carbonyl (C=O) groups is 1. The number of nitrogens with two attached hydrogens (primary N) is 1. The molecule has 1 aliphatic rings. The summed E-state index contributed by atoms with van der Waals surface area (Å²) in [6.07, 6.45) is -2.51. The van der Waals surface area contributed by atoms with Crippen LogP contribution in [0.15, 0.2) is 17.1 Å². The first-order valence-electron chi connectivity index (χ1n) is 7.09. The van der Waals surface area contributed by atoms with E-state index in [0.29, 0.717) is 0 Å². The number of hydrogen-bond donors (Lipinski definition) is 4. The second-order valence-corrected chi connectivity index (χ2v) is 5.04. The van der Waals surface area contributed by atoms with Gasteiger partial charge in [0.2, 0.25) is 5.91 Å². The van der Waals surface area contributed by atoms with Crippen molar-refractivity contribution in [1.29, 1.82) is 0 Å². The number of hydrogen-bond acceptors (Lipinski definition) is 8. The maximum atomic E-state index is 11.9. The quantitative estimate of drug-likeness (QED) is 0.451. The lowest BCUT2D eigenvalue weighted by Crippen LogP contribution is -2.38. The van der Waals surface area contributed by atoms with Crippen molar-refractivity contribution in [2.45, 2.75) is 31.0 Å². The lowest BCUT2D eigenvalue weighted by molar-refractivity contribution is -0.124. The SMILES string of the molecule is CNC(=O)CCO[C@@H]1[C@H](O)[C@@H](CO)O[C@H]1n1ccc(N)nc1=O. The number of aromatic nitrogens is 2. The third-order valence-electron chi connectivity index (χ3n) is 3.54. The maximum absolute atomic E-state index is 11.9. The number of rotatable bonds is 6. The average molecular weight is 328 g/mol. The van der Waals surface area contributed by atoms with E-state index < -0.39 is 36.8 Å². The lowest BCUT2D eigenvalue weighted by atomic mass is 10.1. The largest absolute Gasteiger partial charge is 0.394 e. The highest BCUT2D eigenvalue weighted by molar-refractivity contribution is 5.75. The summed E-state index contributed by atoms with van der Waals surface area (Å²) in [5.74, 6) is -0.166. The zero-order chi connectivity index (χ0) is 17.0. The Morgan fingerprint density at radius 1 is 1.61 bits per heavy atom. The van der Waals surface area contributed by atoms with Gasteiger partial charge < -0.3 is 30.7 Å². The van der Waals surface area contributed by atoms with Crippen LogP contribution in [0.4, 0.5) is 5.82 Å². The molecule has 1 aromatic rings. The molecule has 23 heavy (non-hydrogen) atoms. The monoisotopic (exact) mass is 328 g/mol. The zero-order valence-corrected chi connectivity index (χ0v) is 12.6. The Balaban J connectivity index is 2.17. The van der Waals surface area contributed by atoms with E-state index in [0.717, 1.165) is 4.57 Å². The third-order valence-corrected chi connectivity index (χ3v) is 3.54. The number of ether oxygens (including phenoxy) is 2. The molecule has 1 aliphatic heterocycles. The van der Waals surface area contributed by atoms with E-state index in [-0.39, 0.29) is 24.8 Å². The molecule has 0 unspecified atom stereocenters. The fourth-order valence-electron chi connectivity index (χ4n) is 2.31. The van der Waals surface area contributed by atoms with Crippen LogP contribution >= 0.6 is 0 Å². The minimum Gasteiger partial charge on any atom is -0.394 e. The van der Waals surface area contributed by atoms with Crippen molar-refractivity contribution < 1.29 is 24.5 Å². The van der Waals surface area contributed by atoms with Crippen molar-refractivity contribution in [2.75, 3.05) is 26.0 Å². The third kappa shape index (κ3) is 3.85. The predicted molar refractivity (Wildman–Crippen MR) is 78.3 cm³/mol. The Labute approximate surface area is 131 Å². The number of carbonyl (C=O) groups excluding carboxylic acids is 1. The first-order chi connectivity index (χ1) is 11.0. The summed E-state index contributed by atoms with van der Waals surface area (Å²) in [5, 5.41) is 21.9. The number of aliphatic hydroxyl groups is 2. The number of anilines is 1. The predicted octanol–water partition coefficient (Wildman–Crippen LogP) is -2.40. The van der Waals surface area contributed by atoms with Crippen molar-refractivity contribution in [3.05, 3.63) is 22.7 Å². The van der Waals surface area contributed by atoms with Crippen molar-refractivity contribution in [3.63, 3.8) is 0 Å². The zero-order valence-electron chi connectivity index (χ0n) is 12.6. The highest BCUT2D eigenvalue weighted by Gasteiger charge is 2.45. The molecule has 0 radical (unpaired) electrons. The highest BCUT2D eigenvalue weighted by Crippen LogP contribution is 2.30. The summed E-state index contributed by atoms with van der Waals surface area (Å²) in [6, 6.07) is 1.41. The van der Waals surface area contributed by atoms with Gasteiger partial charge in [0, 0.05) is 19.7 Å². The highest BCUT2D eigenvalue weighted by atomic mass is 16.6. The molecule has 10 nitrogen and oxygen atoms in total. The summed E-state index contributed by atoms with van der Waals surface area (Å²) in [4.78, 5) is 26.7. The van der Waals surface area contributed by atoms with Crippen LogP contribution in [-0.4, -0.2) is 64.2 Å². The molecular formula is C13H20N4O6. The maximum Gasteiger partial charge on any atom is 0.351 e. The van der Waals surface area contributed by atoms with Crippen molar-refractivity contribution in [2.24, 2.45) is 0 Å². The second kappa shape index (κ2) is 7.51. The van der Waals surface area contributed by atoms with Crippen molar-refractivity contribution >= 4 is 11.7 Å². The lowest BCUT2D eigenvalue weighted by Gasteiger charge is -2.22. The number of nitrogens with zero attached hydrogens (tertiary/aromatic N) is 2. The summed E-state index contributed by atoms with van der Waals surface area (Å²) in [6.45, 7) is -0.416. The number of amides is 1. The Bertz CT molecular complexity index is 606. The van der Waals surface area contributed by atoms with E-state index in [2.05, 4.69) is 10.3 Å². The minimum atomic E-state index is -1.15. The van der Waals surface area contributed by atoms with Crippen LogP contribution in [0, 0.1) is 0 Å². The second-order valence-electron chi connectivity index (χ2n) is 5.04. The molecule has 2 rings (SSSR count). The van der Waals surface area contributed by atoms with Gasteiger partial charge in [-0.2, -0.15) is 4.98 Å². The molecule has 5 N–H and O–H groups in total. The molecule has 2 heterocycles. The molecule has 0 aliphatic carbocycles. The van der Waals surface area contributed by atoms with Crippen LogP contribution in [0.25, 0.3) is 0 Å². The van der Waals surface area contributed by atoms with E-state index in [1.165, 1.54) is 19.3 Å². The fourth-order valence-corrected chi connectivity index (χ4v) is 2.31. The first-order valence-corrected chi connectivity index (χ1v) is 7.09. The summed E-state index contributed by atoms with van der Waals surface area (Å²) in [5.41, 5.74) is 4.77. The van der Waals surface area contributed by atoms with Gasteiger partial charge in [0.15, 0.2) is 6.23 Å². The molecule has 0 bridgehead atoms. The number of nitrogen functional groups attached to an aromatic ring is 1. The normalized spacial score (nSPS) is 27.1. The topological polar surface area (TPSA) is 149 Å². The first kappa shape index (κ1) is 17.3. The van der Waals surface area contributed by atoms with Crippen LogP contribution in [0.1, 0.15) is 12.6 Å². The molecule has 10 heteroatoms. The van der Waals surface area contributed by atoms with Gasteiger partial charge in [0.25, 0.3) is 0 Å². The molecule has 0 aromatic carbocycles. The summed E-state index contributed by atoms with van der Waals surface area (Å²) in [7, 11) is 1.50. The van der Waals surface area contributed by atoms with E-state index in [9.17, 15) is 19.8 Å².